The number of hydrogen-bond acceptors (Lipinski definition) is 2. The number of hydrogen-bond donors (Lipinski definition) is 0. The van der Waals surface area contributed by atoms with Crippen LogP contribution in [-0.4, -0.2) is 24.2 Å². The first-order valence-electron chi connectivity index (χ1n) is 7.57. The molecule has 1 aromatic carbocycles. The Morgan fingerprint density at radius 3 is 2.52 bits per heavy atom. The normalized spacial score (nSPS) is 11.4. The predicted molar refractivity (Wildman–Crippen MR) is 97.6 cm³/mol. The maximum absolute atomic E-state index is 5.82. The van der Waals surface area contributed by atoms with Gasteiger partial charge in [0.15, 0.2) is 0 Å². The molecule has 2 aromatic rings. The Bertz CT molecular complexity index is 575. The van der Waals surface area contributed by atoms with Crippen molar-refractivity contribution in [2.45, 2.75) is 53.2 Å². The quantitative estimate of drug-likeness (QED) is 0.516. The molecule has 0 amide bonds. The van der Waals surface area contributed by atoms with Crippen molar-refractivity contribution < 1.29 is 4.74 Å². The summed E-state index contributed by atoms with van der Waals surface area (Å²) in [7, 11) is -1.01. The molecule has 1 aromatic heterocycles. The van der Waals surface area contributed by atoms with Crippen molar-refractivity contribution in [2.75, 3.05) is 6.61 Å². The number of halogens is 1. The van der Waals surface area contributed by atoms with Crippen LogP contribution in [-0.2, 0) is 11.5 Å². The average molecular weight is 371 g/mol. The molecule has 0 atom stereocenters. The smallest absolute Gasteiger partial charge is 0.124 e. The monoisotopic (exact) mass is 370 g/mol. The van der Waals surface area contributed by atoms with Crippen LogP contribution < -0.4 is 0 Å². The van der Waals surface area contributed by atoms with Crippen molar-refractivity contribution >= 4 is 35.0 Å². The molecule has 0 aliphatic rings. The standard InChI is InChI=1S/C14H21BrN2OSi.C2H6/c1-11-16-13-9-12(15)5-6-14(13)17(11)10-18-7-8-19(2,3)4;1-2/h5-6,9H,7-8,10H2,1-4H3;1-2H3. The highest BCUT2D eigenvalue weighted by Crippen LogP contribution is 2.20. The Morgan fingerprint density at radius 2 is 1.90 bits per heavy atom. The minimum absolute atomic E-state index is 0.592. The van der Waals surface area contributed by atoms with Crippen LogP contribution in [0, 0.1) is 6.92 Å². The van der Waals surface area contributed by atoms with Crippen molar-refractivity contribution in [1.82, 2.24) is 9.55 Å². The number of aromatic nitrogens is 2. The van der Waals surface area contributed by atoms with E-state index in [-0.39, 0.29) is 0 Å². The lowest BCUT2D eigenvalue weighted by atomic mass is 10.3. The molecule has 0 aliphatic heterocycles. The number of aryl methyl sites for hydroxylation is 1. The van der Waals surface area contributed by atoms with Gasteiger partial charge in [0.1, 0.15) is 12.6 Å². The number of benzene rings is 1. The SMILES string of the molecule is CC.Cc1nc2cc(Br)ccc2n1COCC[Si](C)(C)C. The molecule has 2 rings (SSSR count). The zero-order valence-corrected chi connectivity index (χ0v) is 16.6. The van der Waals surface area contributed by atoms with Gasteiger partial charge in [-0.2, -0.15) is 0 Å². The van der Waals surface area contributed by atoms with E-state index in [0.29, 0.717) is 6.73 Å². The summed E-state index contributed by atoms with van der Waals surface area (Å²) in [5.74, 6) is 1.00. The lowest BCUT2D eigenvalue weighted by Gasteiger charge is -2.16. The molecule has 118 valence electrons. The fourth-order valence-electron chi connectivity index (χ4n) is 1.92. The Hall–Kier alpha value is -0.653. The van der Waals surface area contributed by atoms with Gasteiger partial charge in [0.25, 0.3) is 0 Å². The third-order valence-corrected chi connectivity index (χ3v) is 5.32. The summed E-state index contributed by atoms with van der Waals surface area (Å²) in [5, 5.41) is 0. The average Bonchev–Trinajstić information content (AvgIpc) is 2.71. The molecule has 0 unspecified atom stereocenters. The molecular formula is C16H27BrN2OSi. The van der Waals surface area contributed by atoms with E-state index >= 15 is 0 Å². The molecule has 0 radical (unpaired) electrons. The molecule has 0 aliphatic carbocycles. The maximum atomic E-state index is 5.82. The summed E-state index contributed by atoms with van der Waals surface area (Å²) < 4.78 is 9.01. The zero-order valence-electron chi connectivity index (χ0n) is 14.0. The molecule has 5 heteroatoms. The van der Waals surface area contributed by atoms with Crippen molar-refractivity contribution in [2.24, 2.45) is 0 Å². The highest BCUT2D eigenvalue weighted by Gasteiger charge is 2.13. The van der Waals surface area contributed by atoms with E-state index in [1.165, 1.54) is 6.04 Å². The van der Waals surface area contributed by atoms with Gasteiger partial charge < -0.3 is 9.30 Å². The second-order valence-corrected chi connectivity index (χ2v) is 12.6. The van der Waals surface area contributed by atoms with Crippen LogP contribution in [0.15, 0.2) is 22.7 Å². The van der Waals surface area contributed by atoms with E-state index in [0.717, 1.165) is 27.9 Å². The summed E-state index contributed by atoms with van der Waals surface area (Å²) in [4.78, 5) is 4.56. The minimum atomic E-state index is -1.01. The van der Waals surface area contributed by atoms with E-state index in [1.54, 1.807) is 0 Å². The van der Waals surface area contributed by atoms with Crippen LogP contribution in [0.2, 0.25) is 25.7 Å². The number of fused-ring (bicyclic) bond motifs is 1. The van der Waals surface area contributed by atoms with Crippen LogP contribution in [0.4, 0.5) is 0 Å². The Balaban J connectivity index is 0.00000106. The molecule has 1 heterocycles. The number of ether oxygens (including phenoxy) is 1. The minimum Gasteiger partial charge on any atom is -0.361 e. The molecule has 0 saturated carbocycles. The molecule has 0 spiro atoms. The molecule has 3 nitrogen and oxygen atoms in total. The third-order valence-electron chi connectivity index (χ3n) is 3.12. The van der Waals surface area contributed by atoms with Gasteiger partial charge in [-0.1, -0.05) is 49.4 Å². The molecule has 0 fully saturated rings. The van der Waals surface area contributed by atoms with Crippen molar-refractivity contribution in [3.8, 4) is 0 Å². The number of rotatable bonds is 5. The van der Waals surface area contributed by atoms with Crippen LogP contribution in [0.5, 0.6) is 0 Å². The van der Waals surface area contributed by atoms with Gasteiger partial charge in [0, 0.05) is 19.2 Å². The van der Waals surface area contributed by atoms with Crippen molar-refractivity contribution in [3.05, 3.63) is 28.5 Å². The first-order valence-corrected chi connectivity index (χ1v) is 12.1. The molecule has 0 saturated heterocycles. The van der Waals surface area contributed by atoms with Gasteiger partial charge in [-0.25, -0.2) is 4.98 Å². The predicted octanol–water partition coefficient (Wildman–Crippen LogP) is 5.45. The topological polar surface area (TPSA) is 27.1 Å². The summed E-state index contributed by atoms with van der Waals surface area (Å²) >= 11 is 3.48. The van der Waals surface area contributed by atoms with Gasteiger partial charge in [-0.15, -0.1) is 0 Å². The highest BCUT2D eigenvalue weighted by atomic mass is 79.9. The summed E-state index contributed by atoms with van der Waals surface area (Å²) in [6.45, 7) is 14.6. The van der Waals surface area contributed by atoms with Crippen LogP contribution in [0.25, 0.3) is 11.0 Å². The molecule has 21 heavy (non-hydrogen) atoms. The second-order valence-electron chi connectivity index (χ2n) is 6.07. The third kappa shape index (κ3) is 5.56. The van der Waals surface area contributed by atoms with Crippen molar-refractivity contribution in [1.29, 1.82) is 0 Å². The van der Waals surface area contributed by atoms with Gasteiger partial charge in [-0.3, -0.25) is 0 Å². The molecular weight excluding hydrogens is 344 g/mol. The molecule has 0 bridgehead atoms. The number of nitrogens with zero attached hydrogens (tertiary/aromatic N) is 2. The first-order chi connectivity index (χ1) is 9.87. The second kappa shape index (κ2) is 8.10. The van der Waals surface area contributed by atoms with Gasteiger partial charge in [0.2, 0.25) is 0 Å². The number of imidazole rings is 1. The van der Waals surface area contributed by atoms with Gasteiger partial charge in [0.05, 0.1) is 11.0 Å². The molecule has 0 N–H and O–H groups in total. The largest absolute Gasteiger partial charge is 0.361 e. The van der Waals surface area contributed by atoms with E-state index in [4.69, 9.17) is 4.74 Å². The summed E-state index contributed by atoms with van der Waals surface area (Å²) in [5.41, 5.74) is 2.15. The van der Waals surface area contributed by atoms with Crippen molar-refractivity contribution in [3.63, 3.8) is 0 Å². The first kappa shape index (κ1) is 18.4. The van der Waals surface area contributed by atoms with E-state index < -0.39 is 8.07 Å². The highest BCUT2D eigenvalue weighted by molar-refractivity contribution is 9.10. The van der Waals surface area contributed by atoms with Crippen LogP contribution in [0.3, 0.4) is 0 Å². The zero-order chi connectivity index (χ0) is 16.0. The van der Waals surface area contributed by atoms with Crippen LogP contribution in [0.1, 0.15) is 19.7 Å². The Morgan fingerprint density at radius 1 is 1.24 bits per heavy atom. The Kier molecular flexibility index (Phi) is 7.10. The van der Waals surface area contributed by atoms with E-state index in [1.807, 2.05) is 32.9 Å². The fourth-order valence-corrected chi connectivity index (χ4v) is 3.03. The van der Waals surface area contributed by atoms with E-state index in [2.05, 4.69) is 51.2 Å². The summed E-state index contributed by atoms with van der Waals surface area (Å²) in [6, 6.07) is 7.37. The Labute approximate surface area is 137 Å². The lowest BCUT2D eigenvalue weighted by molar-refractivity contribution is 0.0885. The fraction of sp³-hybridized carbons (Fsp3) is 0.562. The lowest BCUT2D eigenvalue weighted by Crippen LogP contribution is -2.22. The van der Waals surface area contributed by atoms with Gasteiger partial charge in [-0.05, 0) is 31.2 Å². The summed E-state index contributed by atoms with van der Waals surface area (Å²) in [6.07, 6.45) is 0. The van der Waals surface area contributed by atoms with E-state index in [9.17, 15) is 0 Å². The van der Waals surface area contributed by atoms with Crippen LogP contribution >= 0.6 is 15.9 Å². The van der Waals surface area contributed by atoms with Gasteiger partial charge >= 0.3 is 0 Å². The maximum Gasteiger partial charge on any atom is 0.124 e.